The van der Waals surface area contributed by atoms with E-state index in [0.29, 0.717) is 6.42 Å². The first kappa shape index (κ1) is 11.8. The van der Waals surface area contributed by atoms with Crippen molar-refractivity contribution in [3.8, 4) is 0 Å². The van der Waals surface area contributed by atoms with Gasteiger partial charge >= 0.3 is 5.97 Å². The second kappa shape index (κ2) is 7.06. The van der Waals surface area contributed by atoms with Gasteiger partial charge in [0.25, 0.3) is 0 Å². The van der Waals surface area contributed by atoms with Gasteiger partial charge in [-0.05, 0) is 18.9 Å². The molecule has 0 bridgehead atoms. The zero-order valence-corrected chi connectivity index (χ0v) is 8.69. The maximum Gasteiger partial charge on any atom is 0.333 e. The van der Waals surface area contributed by atoms with Crippen LogP contribution in [-0.4, -0.2) is 25.5 Å². The fourth-order valence-electron chi connectivity index (χ4n) is 1.13. The third kappa shape index (κ3) is 5.22. The zero-order chi connectivity index (χ0) is 10.9. The summed E-state index contributed by atoms with van der Waals surface area (Å²) in [6.07, 6.45) is 7.16. The fraction of sp³-hybridized carbons (Fsp3) is 0.545. The highest BCUT2D eigenvalue weighted by Crippen LogP contribution is 2.09. The van der Waals surface area contributed by atoms with Gasteiger partial charge in [0, 0.05) is 25.7 Å². The van der Waals surface area contributed by atoms with E-state index < -0.39 is 12.3 Å². The van der Waals surface area contributed by atoms with E-state index in [9.17, 15) is 4.79 Å². The maximum absolute atomic E-state index is 10.5. The average molecular weight is 212 g/mol. The first-order valence-electron chi connectivity index (χ1n) is 5.04. The lowest BCUT2D eigenvalue weighted by atomic mass is 10.4. The van der Waals surface area contributed by atoms with E-state index in [1.807, 2.05) is 0 Å². The van der Waals surface area contributed by atoms with Crippen LogP contribution in [0.1, 0.15) is 19.3 Å². The number of hydrogen-bond donors (Lipinski definition) is 0. The van der Waals surface area contributed by atoms with Crippen LogP contribution in [0.5, 0.6) is 0 Å². The van der Waals surface area contributed by atoms with Crippen molar-refractivity contribution in [3.05, 3.63) is 25.0 Å². The van der Waals surface area contributed by atoms with E-state index in [0.717, 1.165) is 19.3 Å². The summed E-state index contributed by atoms with van der Waals surface area (Å²) in [6, 6.07) is 0. The van der Waals surface area contributed by atoms with Gasteiger partial charge in [0.1, 0.15) is 0 Å². The molecular weight excluding hydrogens is 196 g/mol. The van der Waals surface area contributed by atoms with Crippen molar-refractivity contribution in [2.45, 2.75) is 25.6 Å². The first-order valence-corrected chi connectivity index (χ1v) is 5.04. The molecule has 2 aliphatic heterocycles. The summed E-state index contributed by atoms with van der Waals surface area (Å²) in [5.74, 6) is -0.450. The summed E-state index contributed by atoms with van der Waals surface area (Å²) >= 11 is 0. The van der Waals surface area contributed by atoms with Gasteiger partial charge in [-0.1, -0.05) is 6.58 Å². The van der Waals surface area contributed by atoms with Crippen molar-refractivity contribution in [2.24, 2.45) is 0 Å². The average Bonchev–Trinajstić information content (AvgIpc) is 2.92. The molecule has 4 heteroatoms. The Morgan fingerprint density at radius 3 is 2.60 bits per heavy atom. The van der Waals surface area contributed by atoms with Crippen molar-refractivity contribution in [2.75, 3.05) is 13.2 Å². The monoisotopic (exact) mass is 212 g/mol. The van der Waals surface area contributed by atoms with Crippen LogP contribution in [-0.2, 0) is 19.0 Å². The molecule has 0 aromatic carbocycles. The highest BCUT2D eigenvalue weighted by Gasteiger charge is 2.13. The smallest absolute Gasteiger partial charge is 0.333 e. The number of ether oxygens (including phenoxy) is 3. The molecule has 0 aliphatic carbocycles. The standard InChI is InChI=1S/C7H8O3.C4H8O/c1-2-6(8)10-7-4-3-5-9-7;1-2-4-5-3-1/h2-3,5,7H,1,4H2;1-4H2. The molecule has 0 spiro atoms. The summed E-state index contributed by atoms with van der Waals surface area (Å²) in [6.45, 7) is 5.25. The number of carbonyl (C=O) groups is 1. The number of hydrogen-bond acceptors (Lipinski definition) is 4. The van der Waals surface area contributed by atoms with Crippen LogP contribution < -0.4 is 0 Å². The summed E-state index contributed by atoms with van der Waals surface area (Å²) < 4.78 is 14.5. The lowest BCUT2D eigenvalue weighted by Crippen LogP contribution is -2.14. The normalized spacial score (nSPS) is 22.5. The molecule has 2 aliphatic rings. The van der Waals surface area contributed by atoms with Crippen molar-refractivity contribution in [1.29, 1.82) is 0 Å². The van der Waals surface area contributed by atoms with Crippen LogP contribution in [0.25, 0.3) is 0 Å². The molecule has 0 N–H and O–H groups in total. The predicted molar refractivity (Wildman–Crippen MR) is 55.0 cm³/mol. The Hall–Kier alpha value is -1.29. The van der Waals surface area contributed by atoms with Crippen molar-refractivity contribution >= 4 is 5.97 Å². The van der Waals surface area contributed by atoms with E-state index in [1.165, 1.54) is 19.1 Å². The SMILES string of the molecule is C1CCOC1.C=CC(=O)OC1CC=CO1. The lowest BCUT2D eigenvalue weighted by Gasteiger charge is -2.08. The van der Waals surface area contributed by atoms with Crippen LogP contribution in [0, 0.1) is 0 Å². The van der Waals surface area contributed by atoms with E-state index in [4.69, 9.17) is 14.2 Å². The molecule has 1 unspecified atom stereocenters. The topological polar surface area (TPSA) is 44.8 Å². The van der Waals surface area contributed by atoms with Crippen LogP contribution in [0.15, 0.2) is 25.0 Å². The van der Waals surface area contributed by atoms with Gasteiger partial charge < -0.3 is 14.2 Å². The molecule has 0 aromatic heterocycles. The molecule has 15 heavy (non-hydrogen) atoms. The molecule has 1 atom stereocenters. The largest absolute Gasteiger partial charge is 0.462 e. The molecule has 4 nitrogen and oxygen atoms in total. The molecule has 84 valence electrons. The van der Waals surface area contributed by atoms with E-state index in [1.54, 1.807) is 6.08 Å². The third-order valence-electron chi connectivity index (χ3n) is 1.90. The zero-order valence-electron chi connectivity index (χ0n) is 8.69. The second-order valence-electron chi connectivity index (χ2n) is 3.13. The van der Waals surface area contributed by atoms with Crippen LogP contribution in [0.4, 0.5) is 0 Å². The minimum atomic E-state index is -0.450. The highest BCUT2D eigenvalue weighted by atomic mass is 16.7. The molecule has 1 saturated heterocycles. The van der Waals surface area contributed by atoms with Crippen LogP contribution in [0.2, 0.25) is 0 Å². The molecule has 0 aromatic rings. The van der Waals surface area contributed by atoms with Gasteiger partial charge in [0.05, 0.1) is 6.26 Å². The van der Waals surface area contributed by atoms with Gasteiger partial charge in [0.15, 0.2) is 0 Å². The third-order valence-corrected chi connectivity index (χ3v) is 1.90. The highest BCUT2D eigenvalue weighted by molar-refractivity contribution is 5.81. The molecular formula is C11H16O4. The Kier molecular flexibility index (Phi) is 5.55. The molecule has 2 rings (SSSR count). The minimum Gasteiger partial charge on any atom is -0.462 e. The molecule has 0 saturated carbocycles. The van der Waals surface area contributed by atoms with E-state index in [2.05, 4.69) is 6.58 Å². The quantitative estimate of drug-likeness (QED) is 0.517. The fourth-order valence-corrected chi connectivity index (χ4v) is 1.13. The van der Waals surface area contributed by atoms with Crippen molar-refractivity contribution in [3.63, 3.8) is 0 Å². The number of rotatable bonds is 2. The summed E-state index contributed by atoms with van der Waals surface area (Å²) in [5, 5.41) is 0. The Labute approximate surface area is 89.5 Å². The van der Waals surface area contributed by atoms with E-state index >= 15 is 0 Å². The number of carbonyl (C=O) groups excluding carboxylic acids is 1. The van der Waals surface area contributed by atoms with Crippen LogP contribution >= 0.6 is 0 Å². The predicted octanol–water partition coefficient (Wildman–Crippen LogP) is 1.77. The summed E-state index contributed by atoms with van der Waals surface area (Å²) in [5.41, 5.74) is 0. The summed E-state index contributed by atoms with van der Waals surface area (Å²) in [4.78, 5) is 10.5. The lowest BCUT2D eigenvalue weighted by molar-refractivity contribution is -0.159. The Morgan fingerprint density at radius 1 is 1.47 bits per heavy atom. The second-order valence-corrected chi connectivity index (χ2v) is 3.13. The maximum atomic E-state index is 10.5. The molecule has 0 radical (unpaired) electrons. The van der Waals surface area contributed by atoms with Crippen LogP contribution in [0.3, 0.4) is 0 Å². The van der Waals surface area contributed by atoms with Gasteiger partial charge in [-0.15, -0.1) is 0 Å². The minimum absolute atomic E-state index is 0.439. The van der Waals surface area contributed by atoms with Gasteiger partial charge in [-0.2, -0.15) is 0 Å². The van der Waals surface area contributed by atoms with Gasteiger partial charge in [0.2, 0.25) is 6.29 Å². The Bertz CT molecular complexity index is 215. The molecule has 1 fully saturated rings. The van der Waals surface area contributed by atoms with Gasteiger partial charge in [-0.3, -0.25) is 0 Å². The Balaban J connectivity index is 0.000000187. The van der Waals surface area contributed by atoms with E-state index in [-0.39, 0.29) is 0 Å². The Morgan fingerprint density at radius 2 is 2.20 bits per heavy atom. The number of esters is 1. The molecule has 0 amide bonds. The molecule has 2 heterocycles. The van der Waals surface area contributed by atoms with Crippen molar-refractivity contribution < 1.29 is 19.0 Å². The first-order chi connectivity index (χ1) is 7.33. The van der Waals surface area contributed by atoms with Gasteiger partial charge in [-0.25, -0.2) is 4.79 Å². The summed E-state index contributed by atoms with van der Waals surface area (Å²) in [7, 11) is 0. The van der Waals surface area contributed by atoms with Crippen molar-refractivity contribution in [1.82, 2.24) is 0 Å².